The number of rotatable bonds is 3. The molecule has 0 radical (unpaired) electrons. The minimum Gasteiger partial charge on any atom is -0.462 e. The van der Waals surface area contributed by atoms with E-state index in [9.17, 15) is 4.79 Å². The first-order valence-electron chi connectivity index (χ1n) is 4.58. The van der Waals surface area contributed by atoms with Crippen molar-refractivity contribution in [2.24, 2.45) is 0 Å². The van der Waals surface area contributed by atoms with Crippen LogP contribution in [-0.4, -0.2) is 12.6 Å². The quantitative estimate of drug-likeness (QED) is 0.695. The fraction of sp³-hybridized carbons (Fsp3) is 0.500. The summed E-state index contributed by atoms with van der Waals surface area (Å²) in [6.45, 7) is 2.28. The summed E-state index contributed by atoms with van der Waals surface area (Å²) in [5.74, 6) is 0.549. The summed E-state index contributed by atoms with van der Waals surface area (Å²) in [6.07, 6.45) is 2.56. The number of carbonyl (C=O) groups is 1. The minimum atomic E-state index is -0.181. The number of esters is 1. The lowest BCUT2D eigenvalue weighted by atomic mass is 10.3. The molecule has 0 amide bonds. The van der Waals surface area contributed by atoms with Crippen molar-refractivity contribution in [1.82, 2.24) is 0 Å². The average Bonchev–Trinajstić information content (AvgIpc) is 2.84. The lowest BCUT2D eigenvalue weighted by Crippen LogP contribution is -2.01. The summed E-state index contributed by atoms with van der Waals surface area (Å²) < 4.78 is 4.91. The van der Waals surface area contributed by atoms with Gasteiger partial charge in [-0.3, -0.25) is 0 Å². The molecule has 1 fully saturated rings. The van der Waals surface area contributed by atoms with Gasteiger partial charge in [-0.15, -0.1) is 11.3 Å². The van der Waals surface area contributed by atoms with Gasteiger partial charge < -0.3 is 4.74 Å². The maximum atomic E-state index is 11.3. The van der Waals surface area contributed by atoms with Gasteiger partial charge in [-0.1, -0.05) is 0 Å². The van der Waals surface area contributed by atoms with Gasteiger partial charge in [0, 0.05) is 4.88 Å². The first kappa shape index (κ1) is 8.75. The van der Waals surface area contributed by atoms with Gasteiger partial charge in [0.25, 0.3) is 0 Å². The van der Waals surface area contributed by atoms with Crippen LogP contribution in [0.1, 0.15) is 40.2 Å². The molecule has 1 aliphatic carbocycles. The van der Waals surface area contributed by atoms with E-state index >= 15 is 0 Å². The fourth-order valence-corrected chi connectivity index (χ4v) is 2.32. The third-order valence-electron chi connectivity index (χ3n) is 2.08. The molecule has 0 aromatic carbocycles. The second-order valence-electron chi connectivity index (χ2n) is 3.20. The SMILES string of the molecule is CCOC(=O)c1ccc(C2CC2)s1. The van der Waals surface area contributed by atoms with Crippen LogP contribution in [0.15, 0.2) is 12.1 Å². The highest BCUT2D eigenvalue weighted by Gasteiger charge is 2.25. The Kier molecular flexibility index (Phi) is 2.36. The molecule has 0 unspecified atom stereocenters. The molecule has 0 N–H and O–H groups in total. The smallest absolute Gasteiger partial charge is 0.348 e. The van der Waals surface area contributed by atoms with Gasteiger partial charge in [0.1, 0.15) is 4.88 Å². The number of thiophene rings is 1. The molecule has 3 heteroatoms. The van der Waals surface area contributed by atoms with Gasteiger partial charge in [-0.25, -0.2) is 4.79 Å². The van der Waals surface area contributed by atoms with Crippen LogP contribution in [0.25, 0.3) is 0 Å². The van der Waals surface area contributed by atoms with Gasteiger partial charge >= 0.3 is 5.97 Å². The summed E-state index contributed by atoms with van der Waals surface area (Å²) in [5.41, 5.74) is 0. The van der Waals surface area contributed by atoms with Crippen molar-refractivity contribution in [3.63, 3.8) is 0 Å². The second-order valence-corrected chi connectivity index (χ2v) is 4.31. The van der Waals surface area contributed by atoms with Crippen molar-refractivity contribution < 1.29 is 9.53 Å². The van der Waals surface area contributed by atoms with Gasteiger partial charge in [0.05, 0.1) is 6.61 Å². The van der Waals surface area contributed by atoms with Crippen LogP contribution in [0.4, 0.5) is 0 Å². The molecule has 0 aliphatic heterocycles. The summed E-state index contributed by atoms with van der Waals surface area (Å²) in [7, 11) is 0. The maximum Gasteiger partial charge on any atom is 0.348 e. The van der Waals surface area contributed by atoms with E-state index in [2.05, 4.69) is 6.07 Å². The van der Waals surface area contributed by atoms with Crippen LogP contribution in [-0.2, 0) is 4.74 Å². The van der Waals surface area contributed by atoms with Crippen molar-refractivity contribution in [3.05, 3.63) is 21.9 Å². The number of ether oxygens (including phenoxy) is 1. The van der Waals surface area contributed by atoms with E-state index < -0.39 is 0 Å². The summed E-state index contributed by atoms with van der Waals surface area (Å²) >= 11 is 1.58. The van der Waals surface area contributed by atoms with Crippen molar-refractivity contribution >= 4 is 17.3 Å². The van der Waals surface area contributed by atoms with Crippen LogP contribution in [0.2, 0.25) is 0 Å². The van der Waals surface area contributed by atoms with E-state index in [4.69, 9.17) is 4.74 Å². The van der Waals surface area contributed by atoms with Crippen molar-refractivity contribution in [1.29, 1.82) is 0 Å². The van der Waals surface area contributed by atoms with Crippen LogP contribution < -0.4 is 0 Å². The van der Waals surface area contributed by atoms with E-state index in [-0.39, 0.29) is 5.97 Å². The minimum absolute atomic E-state index is 0.181. The standard InChI is InChI=1S/C10H12O2S/c1-2-12-10(11)9-6-5-8(13-9)7-3-4-7/h5-7H,2-4H2,1H3. The van der Waals surface area contributed by atoms with E-state index in [1.165, 1.54) is 17.7 Å². The summed E-state index contributed by atoms with van der Waals surface area (Å²) in [5, 5.41) is 0. The number of hydrogen-bond donors (Lipinski definition) is 0. The molecule has 1 aromatic rings. The predicted octanol–water partition coefficient (Wildman–Crippen LogP) is 2.80. The molecule has 1 heterocycles. The maximum absolute atomic E-state index is 11.3. The molecule has 1 aromatic heterocycles. The fourth-order valence-electron chi connectivity index (χ4n) is 1.25. The Bertz CT molecular complexity index is 312. The van der Waals surface area contributed by atoms with Crippen LogP contribution in [0.3, 0.4) is 0 Å². The zero-order valence-corrected chi connectivity index (χ0v) is 8.39. The molecule has 2 nitrogen and oxygen atoms in total. The Balaban J connectivity index is 2.07. The predicted molar refractivity (Wildman–Crippen MR) is 52.3 cm³/mol. The van der Waals surface area contributed by atoms with Crippen LogP contribution in [0, 0.1) is 0 Å². The Morgan fingerprint density at radius 2 is 2.38 bits per heavy atom. The van der Waals surface area contributed by atoms with Crippen LogP contribution in [0.5, 0.6) is 0 Å². The zero-order valence-electron chi connectivity index (χ0n) is 7.58. The third kappa shape index (κ3) is 1.91. The second kappa shape index (κ2) is 3.50. The van der Waals surface area contributed by atoms with E-state index in [0.29, 0.717) is 6.61 Å². The highest BCUT2D eigenvalue weighted by molar-refractivity contribution is 7.14. The zero-order chi connectivity index (χ0) is 9.26. The Labute approximate surface area is 81.5 Å². The molecule has 0 bridgehead atoms. The Hall–Kier alpha value is -0.830. The van der Waals surface area contributed by atoms with Gasteiger partial charge in [0.2, 0.25) is 0 Å². The number of carbonyl (C=O) groups excluding carboxylic acids is 1. The molecular weight excluding hydrogens is 184 g/mol. The third-order valence-corrected chi connectivity index (χ3v) is 3.31. The normalized spacial score (nSPS) is 15.8. The molecule has 13 heavy (non-hydrogen) atoms. The molecule has 0 saturated heterocycles. The Morgan fingerprint density at radius 3 is 3.00 bits per heavy atom. The molecule has 0 spiro atoms. The topological polar surface area (TPSA) is 26.3 Å². The largest absolute Gasteiger partial charge is 0.462 e. The van der Waals surface area contributed by atoms with Crippen LogP contribution >= 0.6 is 11.3 Å². The van der Waals surface area contributed by atoms with E-state index in [1.807, 2.05) is 13.0 Å². The summed E-state index contributed by atoms with van der Waals surface area (Å²) in [4.78, 5) is 13.4. The van der Waals surface area contributed by atoms with Gasteiger partial charge in [-0.05, 0) is 37.8 Å². The first-order valence-corrected chi connectivity index (χ1v) is 5.39. The molecule has 70 valence electrons. The number of hydrogen-bond acceptors (Lipinski definition) is 3. The first-order chi connectivity index (χ1) is 6.31. The van der Waals surface area contributed by atoms with Gasteiger partial charge in [0.15, 0.2) is 0 Å². The van der Waals surface area contributed by atoms with E-state index in [0.717, 1.165) is 10.8 Å². The molecular formula is C10H12O2S. The molecule has 1 aliphatic rings. The van der Waals surface area contributed by atoms with Crippen molar-refractivity contribution in [3.8, 4) is 0 Å². The van der Waals surface area contributed by atoms with E-state index in [1.54, 1.807) is 11.3 Å². The average molecular weight is 196 g/mol. The summed E-state index contributed by atoms with van der Waals surface area (Å²) in [6, 6.07) is 3.92. The lowest BCUT2D eigenvalue weighted by Gasteiger charge is -1.96. The van der Waals surface area contributed by atoms with Crippen molar-refractivity contribution in [2.75, 3.05) is 6.61 Å². The molecule has 0 atom stereocenters. The van der Waals surface area contributed by atoms with Gasteiger partial charge in [-0.2, -0.15) is 0 Å². The molecule has 1 saturated carbocycles. The highest BCUT2D eigenvalue weighted by Crippen LogP contribution is 2.43. The lowest BCUT2D eigenvalue weighted by molar-refractivity contribution is 0.0532. The Morgan fingerprint density at radius 1 is 1.62 bits per heavy atom. The highest BCUT2D eigenvalue weighted by atomic mass is 32.1. The monoisotopic (exact) mass is 196 g/mol. The van der Waals surface area contributed by atoms with Crippen molar-refractivity contribution in [2.45, 2.75) is 25.7 Å². The molecule has 2 rings (SSSR count).